The molecule has 29 heavy (non-hydrogen) atoms. The van der Waals surface area contributed by atoms with E-state index in [1.165, 1.54) is 4.57 Å². The van der Waals surface area contributed by atoms with Crippen LogP contribution in [0.25, 0.3) is 0 Å². The van der Waals surface area contributed by atoms with E-state index in [1.807, 2.05) is 26.0 Å². The fourth-order valence-corrected chi connectivity index (χ4v) is 3.68. The molecule has 0 unspecified atom stereocenters. The lowest BCUT2D eigenvalue weighted by atomic mass is 9.90. The van der Waals surface area contributed by atoms with Crippen molar-refractivity contribution in [2.45, 2.75) is 53.1 Å². The van der Waals surface area contributed by atoms with Crippen molar-refractivity contribution >= 4 is 23.3 Å². The summed E-state index contributed by atoms with van der Waals surface area (Å²) >= 11 is 0. The van der Waals surface area contributed by atoms with Crippen LogP contribution in [0.5, 0.6) is 0 Å². The lowest BCUT2D eigenvalue weighted by molar-refractivity contribution is -0.122. The van der Waals surface area contributed by atoms with Gasteiger partial charge in [0.25, 0.3) is 5.56 Å². The normalized spacial score (nSPS) is 15.6. The third-order valence-electron chi connectivity index (χ3n) is 5.31. The van der Waals surface area contributed by atoms with Gasteiger partial charge in [-0.15, -0.1) is 0 Å². The minimum Gasteiger partial charge on any atom is -0.384 e. The van der Waals surface area contributed by atoms with Crippen molar-refractivity contribution in [2.24, 2.45) is 5.92 Å². The molecule has 8 nitrogen and oxygen atoms in total. The summed E-state index contributed by atoms with van der Waals surface area (Å²) in [5.74, 6) is -0.0979. The summed E-state index contributed by atoms with van der Waals surface area (Å²) in [6.07, 6.45) is 2.25. The Balaban J connectivity index is 1.74. The van der Waals surface area contributed by atoms with Gasteiger partial charge >= 0.3 is 0 Å². The van der Waals surface area contributed by atoms with Gasteiger partial charge in [-0.3, -0.25) is 14.4 Å². The lowest BCUT2D eigenvalue weighted by Gasteiger charge is -2.25. The molecule has 0 saturated carbocycles. The molecule has 3 heterocycles. The molecule has 2 amide bonds. The third kappa shape index (κ3) is 4.47. The van der Waals surface area contributed by atoms with Crippen molar-refractivity contribution in [3.8, 4) is 0 Å². The Morgan fingerprint density at radius 2 is 2.10 bits per heavy atom. The quantitative estimate of drug-likeness (QED) is 0.685. The number of amides is 2. The molecule has 8 heteroatoms. The maximum absolute atomic E-state index is 12.9. The van der Waals surface area contributed by atoms with E-state index in [0.717, 1.165) is 29.7 Å². The summed E-state index contributed by atoms with van der Waals surface area (Å²) in [6, 6.07) is 5.39. The highest BCUT2D eigenvalue weighted by atomic mass is 16.2. The number of hydrogen-bond donors (Lipinski definition) is 3. The van der Waals surface area contributed by atoms with E-state index in [0.29, 0.717) is 30.2 Å². The van der Waals surface area contributed by atoms with Crippen LogP contribution in [0.4, 0.5) is 11.5 Å². The fraction of sp³-hybridized carbons (Fsp3) is 0.429. The van der Waals surface area contributed by atoms with Crippen molar-refractivity contribution < 1.29 is 9.59 Å². The minimum absolute atomic E-state index is 0.109. The molecule has 0 radical (unpaired) electrons. The van der Waals surface area contributed by atoms with Crippen molar-refractivity contribution in [1.29, 1.82) is 0 Å². The zero-order valence-corrected chi connectivity index (χ0v) is 17.0. The van der Waals surface area contributed by atoms with Gasteiger partial charge in [0.15, 0.2) is 0 Å². The van der Waals surface area contributed by atoms with E-state index in [2.05, 4.69) is 15.6 Å². The molecule has 2 aromatic rings. The fourth-order valence-electron chi connectivity index (χ4n) is 3.68. The van der Waals surface area contributed by atoms with E-state index in [9.17, 15) is 14.4 Å². The molecule has 1 aliphatic rings. The first-order valence-electron chi connectivity index (χ1n) is 9.83. The number of anilines is 2. The average molecular weight is 397 g/mol. The molecule has 0 aliphatic carbocycles. The number of carbonyl (C=O) groups excluding carboxylic acids is 2. The van der Waals surface area contributed by atoms with E-state index >= 15 is 0 Å². The van der Waals surface area contributed by atoms with Crippen LogP contribution >= 0.6 is 0 Å². The second-order valence-electron chi connectivity index (χ2n) is 7.51. The number of nitrogens with two attached hydrogens (primary N) is 1. The van der Waals surface area contributed by atoms with Gasteiger partial charge in [-0.25, -0.2) is 4.98 Å². The number of carbonyl (C=O) groups is 2. The number of nitrogen functional groups attached to an aromatic ring is 1. The summed E-state index contributed by atoms with van der Waals surface area (Å²) in [5, 5.41) is 5.56. The summed E-state index contributed by atoms with van der Waals surface area (Å²) in [4.78, 5) is 41.8. The summed E-state index contributed by atoms with van der Waals surface area (Å²) in [5.41, 5.74) is 8.73. The molecule has 4 N–H and O–H groups in total. The van der Waals surface area contributed by atoms with Gasteiger partial charge in [0.2, 0.25) is 11.8 Å². The SMILES string of the molecule is CCC[C@H]1Cc2cc(C)n(CC(=O)NCc3ccc(N)nc3C)c(=O)c2NC1=O. The van der Waals surface area contributed by atoms with Gasteiger partial charge in [-0.2, -0.15) is 0 Å². The first kappa shape index (κ1) is 20.6. The van der Waals surface area contributed by atoms with Crippen molar-refractivity contribution in [3.63, 3.8) is 0 Å². The van der Waals surface area contributed by atoms with Crippen LogP contribution in [0.3, 0.4) is 0 Å². The van der Waals surface area contributed by atoms with Crippen molar-refractivity contribution in [1.82, 2.24) is 14.9 Å². The molecule has 0 saturated heterocycles. The molecular formula is C21H27N5O3. The highest BCUT2D eigenvalue weighted by molar-refractivity contribution is 5.95. The van der Waals surface area contributed by atoms with Crippen LogP contribution in [-0.2, 0) is 29.1 Å². The Hall–Kier alpha value is -3.16. The number of pyridine rings is 2. The Bertz CT molecular complexity index is 1010. The summed E-state index contributed by atoms with van der Waals surface area (Å²) < 4.78 is 1.39. The molecule has 1 atom stereocenters. The first-order chi connectivity index (χ1) is 13.8. The minimum atomic E-state index is -0.344. The second-order valence-corrected chi connectivity index (χ2v) is 7.51. The second kappa shape index (κ2) is 8.46. The standard InChI is InChI=1S/C21H27N5O3/c1-4-5-14-9-16-8-12(2)26(21(29)19(16)25-20(14)28)11-18(27)23-10-15-6-7-17(22)24-13(15)3/h6-8,14H,4-5,9-11H2,1-3H3,(H2,22,24)(H,23,27)(H,25,28)/t14-/m0/s1. The molecule has 2 aromatic heterocycles. The molecule has 1 aliphatic heterocycles. The molecule has 0 aromatic carbocycles. The van der Waals surface area contributed by atoms with Crippen molar-refractivity contribution in [2.75, 3.05) is 11.1 Å². The van der Waals surface area contributed by atoms with Crippen LogP contribution in [0.1, 0.15) is 42.3 Å². The van der Waals surface area contributed by atoms with Crippen molar-refractivity contribution in [3.05, 3.63) is 51.1 Å². The van der Waals surface area contributed by atoms with E-state index < -0.39 is 0 Å². The van der Waals surface area contributed by atoms with E-state index in [1.54, 1.807) is 13.0 Å². The van der Waals surface area contributed by atoms with Gasteiger partial charge in [0.05, 0.1) is 0 Å². The van der Waals surface area contributed by atoms with E-state index in [4.69, 9.17) is 5.73 Å². The number of nitrogens with one attached hydrogen (secondary N) is 2. The van der Waals surface area contributed by atoms with Crippen LogP contribution in [0.2, 0.25) is 0 Å². The first-order valence-corrected chi connectivity index (χ1v) is 9.83. The Morgan fingerprint density at radius 1 is 1.34 bits per heavy atom. The van der Waals surface area contributed by atoms with Gasteiger partial charge in [0, 0.05) is 23.9 Å². The van der Waals surface area contributed by atoms with Crippen LogP contribution in [0, 0.1) is 19.8 Å². The molecule has 0 fully saturated rings. The topological polar surface area (TPSA) is 119 Å². The van der Waals surface area contributed by atoms with Crippen LogP contribution in [0.15, 0.2) is 23.0 Å². The number of fused-ring (bicyclic) bond motifs is 1. The Morgan fingerprint density at radius 3 is 2.79 bits per heavy atom. The molecule has 0 spiro atoms. The number of aromatic nitrogens is 2. The summed E-state index contributed by atoms with van der Waals surface area (Å²) in [7, 11) is 0. The number of hydrogen-bond acceptors (Lipinski definition) is 5. The lowest BCUT2D eigenvalue weighted by Crippen LogP contribution is -2.39. The average Bonchev–Trinajstić information content (AvgIpc) is 2.66. The number of rotatable bonds is 6. The van der Waals surface area contributed by atoms with Crippen LogP contribution < -0.4 is 21.9 Å². The molecule has 3 rings (SSSR count). The predicted molar refractivity (Wildman–Crippen MR) is 111 cm³/mol. The molecular weight excluding hydrogens is 370 g/mol. The third-order valence-corrected chi connectivity index (χ3v) is 5.31. The smallest absolute Gasteiger partial charge is 0.275 e. The Labute approximate surface area is 169 Å². The maximum Gasteiger partial charge on any atom is 0.275 e. The number of nitrogens with zero attached hydrogens (tertiary/aromatic N) is 2. The van der Waals surface area contributed by atoms with Gasteiger partial charge < -0.3 is 20.9 Å². The molecule has 0 bridgehead atoms. The maximum atomic E-state index is 12.9. The zero-order valence-electron chi connectivity index (χ0n) is 17.0. The largest absolute Gasteiger partial charge is 0.384 e. The van der Waals surface area contributed by atoms with Crippen LogP contribution in [-0.4, -0.2) is 21.4 Å². The zero-order chi connectivity index (χ0) is 21.1. The predicted octanol–water partition coefficient (Wildman–Crippen LogP) is 1.67. The number of aryl methyl sites for hydroxylation is 2. The van der Waals surface area contributed by atoms with Gasteiger partial charge in [0.1, 0.15) is 18.1 Å². The monoisotopic (exact) mass is 397 g/mol. The molecule has 154 valence electrons. The van der Waals surface area contributed by atoms with E-state index in [-0.39, 0.29) is 29.8 Å². The highest BCUT2D eigenvalue weighted by Gasteiger charge is 2.28. The summed E-state index contributed by atoms with van der Waals surface area (Å²) in [6.45, 7) is 5.84. The highest BCUT2D eigenvalue weighted by Crippen LogP contribution is 2.26. The van der Waals surface area contributed by atoms with Gasteiger partial charge in [-0.1, -0.05) is 19.4 Å². The Kier molecular flexibility index (Phi) is 6.00. The van der Waals surface area contributed by atoms with Gasteiger partial charge in [-0.05, 0) is 49.9 Å².